The predicted octanol–water partition coefficient (Wildman–Crippen LogP) is 1.64. The van der Waals surface area contributed by atoms with E-state index in [4.69, 9.17) is 10.8 Å². The highest BCUT2D eigenvalue weighted by Crippen LogP contribution is 2.29. The fraction of sp³-hybridized carbons (Fsp3) is 0.250. The van der Waals surface area contributed by atoms with Gasteiger partial charge in [-0.1, -0.05) is 0 Å². The first-order chi connectivity index (χ1) is 6.06. The van der Waals surface area contributed by atoms with Gasteiger partial charge in [-0.25, -0.2) is 13.2 Å². The molecule has 0 aliphatic heterocycles. The Morgan fingerprint density at radius 2 is 2.00 bits per heavy atom. The number of hydrogen-bond acceptors (Lipinski definition) is 2. The quantitative estimate of drug-likeness (QED) is 0.746. The lowest BCUT2D eigenvalue weighted by atomic mass is 10.1. The third-order valence-corrected chi connectivity index (χ3v) is 1.60. The summed E-state index contributed by atoms with van der Waals surface area (Å²) in [4.78, 5) is 0. The highest BCUT2D eigenvalue weighted by Gasteiger charge is 2.17. The van der Waals surface area contributed by atoms with E-state index in [-0.39, 0.29) is 0 Å². The predicted molar refractivity (Wildman–Crippen MR) is 40.9 cm³/mol. The van der Waals surface area contributed by atoms with Crippen molar-refractivity contribution in [3.05, 3.63) is 29.3 Å². The lowest BCUT2D eigenvalue weighted by Crippen LogP contribution is -2.08. The molecule has 0 spiro atoms. The van der Waals surface area contributed by atoms with Crippen LogP contribution < -0.4 is 5.73 Å². The van der Waals surface area contributed by atoms with Gasteiger partial charge in [0.25, 0.3) is 0 Å². The molecule has 2 nitrogen and oxygen atoms in total. The number of phenolic OH excluding ortho intramolecular Hbond substituents is 1. The van der Waals surface area contributed by atoms with Crippen LogP contribution in [0.2, 0.25) is 0 Å². The maximum atomic E-state index is 12.9. The Morgan fingerprint density at radius 1 is 1.38 bits per heavy atom. The Labute approximate surface area is 72.8 Å². The number of alkyl halides is 1. The topological polar surface area (TPSA) is 46.2 Å². The van der Waals surface area contributed by atoms with E-state index in [0.717, 1.165) is 6.07 Å². The van der Waals surface area contributed by atoms with E-state index < -0.39 is 35.7 Å². The zero-order valence-corrected chi connectivity index (χ0v) is 6.60. The molecule has 0 bridgehead atoms. The van der Waals surface area contributed by atoms with Gasteiger partial charge in [-0.2, -0.15) is 0 Å². The molecule has 0 saturated carbocycles. The summed E-state index contributed by atoms with van der Waals surface area (Å²) >= 11 is 0. The largest absolute Gasteiger partial charge is 0.505 e. The summed E-state index contributed by atoms with van der Waals surface area (Å²) in [6.07, 6.45) is -1.76. The van der Waals surface area contributed by atoms with Crippen molar-refractivity contribution >= 4 is 0 Å². The standard InChI is InChI=1S/C8H8F3NO/c9-4-1-5(7(11)3-12)8(13)6(10)2-4/h1-2,7,13H,3,12H2. The number of nitrogens with two attached hydrogens (primary N) is 1. The highest BCUT2D eigenvalue weighted by molar-refractivity contribution is 5.36. The summed E-state index contributed by atoms with van der Waals surface area (Å²) in [5.41, 5.74) is 4.48. The molecule has 0 aliphatic rings. The molecule has 0 fully saturated rings. The van der Waals surface area contributed by atoms with Gasteiger partial charge in [-0.3, -0.25) is 0 Å². The Kier molecular flexibility index (Phi) is 2.77. The van der Waals surface area contributed by atoms with Crippen LogP contribution in [0.15, 0.2) is 12.1 Å². The van der Waals surface area contributed by atoms with E-state index in [0.29, 0.717) is 6.07 Å². The van der Waals surface area contributed by atoms with Crippen LogP contribution >= 0.6 is 0 Å². The normalized spacial score (nSPS) is 12.9. The number of halogens is 3. The van der Waals surface area contributed by atoms with Crippen LogP contribution in [-0.4, -0.2) is 11.7 Å². The average molecular weight is 191 g/mol. The van der Waals surface area contributed by atoms with Crippen LogP contribution in [0.3, 0.4) is 0 Å². The Balaban J connectivity index is 3.20. The van der Waals surface area contributed by atoms with E-state index in [9.17, 15) is 13.2 Å². The molecule has 1 unspecified atom stereocenters. The van der Waals surface area contributed by atoms with E-state index in [1.807, 2.05) is 0 Å². The molecular formula is C8H8F3NO. The molecule has 13 heavy (non-hydrogen) atoms. The van der Waals surface area contributed by atoms with Crippen LogP contribution in [-0.2, 0) is 0 Å². The number of hydrogen-bond donors (Lipinski definition) is 2. The van der Waals surface area contributed by atoms with Crippen LogP contribution in [0.1, 0.15) is 11.7 Å². The molecule has 1 atom stereocenters. The van der Waals surface area contributed by atoms with Gasteiger partial charge < -0.3 is 10.8 Å². The zero-order valence-electron chi connectivity index (χ0n) is 6.60. The molecule has 1 aromatic rings. The van der Waals surface area contributed by atoms with Crippen LogP contribution in [0.25, 0.3) is 0 Å². The van der Waals surface area contributed by atoms with Gasteiger partial charge in [0.1, 0.15) is 12.0 Å². The Hall–Kier alpha value is -1.23. The molecule has 0 saturated heterocycles. The molecule has 0 amide bonds. The number of rotatable bonds is 2. The van der Waals surface area contributed by atoms with Gasteiger partial charge >= 0.3 is 0 Å². The van der Waals surface area contributed by atoms with Gasteiger partial charge in [0.05, 0.1) is 0 Å². The number of phenols is 1. The van der Waals surface area contributed by atoms with Gasteiger partial charge in [0, 0.05) is 18.2 Å². The minimum atomic E-state index is -1.76. The minimum absolute atomic E-state index is 0.434. The lowest BCUT2D eigenvalue weighted by Gasteiger charge is -2.08. The van der Waals surface area contributed by atoms with Crippen molar-refractivity contribution in [1.82, 2.24) is 0 Å². The first kappa shape index (κ1) is 9.85. The van der Waals surface area contributed by atoms with Crippen molar-refractivity contribution in [3.63, 3.8) is 0 Å². The zero-order chi connectivity index (χ0) is 10.0. The maximum Gasteiger partial charge on any atom is 0.168 e. The van der Waals surface area contributed by atoms with Crippen molar-refractivity contribution in [3.8, 4) is 5.75 Å². The molecule has 0 radical (unpaired) electrons. The van der Waals surface area contributed by atoms with Gasteiger partial charge in [-0.05, 0) is 6.07 Å². The van der Waals surface area contributed by atoms with Crippen LogP contribution in [0, 0.1) is 11.6 Å². The molecule has 5 heteroatoms. The van der Waals surface area contributed by atoms with E-state index in [1.54, 1.807) is 0 Å². The molecule has 3 N–H and O–H groups in total. The van der Waals surface area contributed by atoms with E-state index in [1.165, 1.54) is 0 Å². The summed E-state index contributed by atoms with van der Waals surface area (Å²) < 4.78 is 38.1. The fourth-order valence-corrected chi connectivity index (χ4v) is 0.952. The molecule has 0 aliphatic carbocycles. The third-order valence-electron chi connectivity index (χ3n) is 1.60. The molecular weight excluding hydrogens is 183 g/mol. The molecule has 72 valence electrons. The van der Waals surface area contributed by atoms with Crippen molar-refractivity contribution in [2.24, 2.45) is 5.73 Å². The second-order valence-electron chi connectivity index (χ2n) is 2.53. The SMILES string of the molecule is NCC(F)c1cc(F)cc(F)c1O. The van der Waals surface area contributed by atoms with Gasteiger partial charge in [0.15, 0.2) is 11.6 Å². The Morgan fingerprint density at radius 3 is 2.54 bits per heavy atom. The molecule has 1 rings (SSSR count). The monoisotopic (exact) mass is 191 g/mol. The van der Waals surface area contributed by atoms with Crippen LogP contribution in [0.4, 0.5) is 13.2 Å². The van der Waals surface area contributed by atoms with E-state index in [2.05, 4.69) is 0 Å². The summed E-state index contributed by atoms with van der Waals surface area (Å²) in [7, 11) is 0. The summed E-state index contributed by atoms with van der Waals surface area (Å²) in [6, 6.07) is 1.19. The molecule has 0 aromatic heterocycles. The highest BCUT2D eigenvalue weighted by atomic mass is 19.1. The number of benzene rings is 1. The van der Waals surface area contributed by atoms with Crippen LogP contribution in [0.5, 0.6) is 5.75 Å². The van der Waals surface area contributed by atoms with Gasteiger partial charge in [-0.15, -0.1) is 0 Å². The summed E-state index contributed by atoms with van der Waals surface area (Å²) in [6.45, 7) is -0.434. The lowest BCUT2D eigenvalue weighted by molar-refractivity contribution is 0.329. The average Bonchev–Trinajstić information content (AvgIpc) is 2.10. The maximum absolute atomic E-state index is 12.9. The smallest absolute Gasteiger partial charge is 0.168 e. The molecule has 1 aromatic carbocycles. The number of aromatic hydroxyl groups is 1. The molecule has 0 heterocycles. The first-order valence-corrected chi connectivity index (χ1v) is 3.58. The van der Waals surface area contributed by atoms with Crippen molar-refractivity contribution in [2.45, 2.75) is 6.17 Å². The van der Waals surface area contributed by atoms with E-state index >= 15 is 0 Å². The summed E-state index contributed by atoms with van der Waals surface area (Å²) in [5, 5.41) is 8.99. The minimum Gasteiger partial charge on any atom is -0.505 e. The third kappa shape index (κ3) is 1.92. The summed E-state index contributed by atoms with van der Waals surface area (Å²) in [5.74, 6) is -3.02. The van der Waals surface area contributed by atoms with Gasteiger partial charge in [0.2, 0.25) is 0 Å². The Bertz CT molecular complexity index is 317. The second-order valence-corrected chi connectivity index (χ2v) is 2.53. The van der Waals surface area contributed by atoms with Crippen molar-refractivity contribution in [1.29, 1.82) is 0 Å². The fourth-order valence-electron chi connectivity index (χ4n) is 0.952. The van der Waals surface area contributed by atoms with Crippen molar-refractivity contribution in [2.75, 3.05) is 6.54 Å². The second kappa shape index (κ2) is 3.66. The first-order valence-electron chi connectivity index (χ1n) is 3.58. The van der Waals surface area contributed by atoms with Crippen molar-refractivity contribution < 1.29 is 18.3 Å².